The van der Waals surface area contributed by atoms with E-state index in [1.54, 1.807) is 24.3 Å². The van der Waals surface area contributed by atoms with E-state index in [4.69, 9.17) is 9.05 Å². The third-order valence-electron chi connectivity index (χ3n) is 5.48. The van der Waals surface area contributed by atoms with Crippen molar-refractivity contribution in [2.75, 3.05) is 0 Å². The number of rotatable bonds is 7. The fourth-order valence-electron chi connectivity index (χ4n) is 3.63. The number of phosphoric ester groups is 1. The molecule has 0 saturated heterocycles. The molecule has 4 nitrogen and oxygen atoms in total. The molecule has 1 N–H and O–H groups in total. The molecule has 4 aromatic carbocycles. The monoisotopic (exact) mass is 444 g/mol. The van der Waals surface area contributed by atoms with Crippen molar-refractivity contribution in [2.24, 2.45) is 0 Å². The highest BCUT2D eigenvalue weighted by atomic mass is 31.2. The SMILES string of the molecule is CC(C)(c1ccccc1)c1ccc(OP(=O)(O)Oc2ccccc2-c2ccccc2)cc1. The van der Waals surface area contributed by atoms with Crippen LogP contribution in [0, 0.1) is 0 Å². The van der Waals surface area contributed by atoms with E-state index in [9.17, 15) is 9.46 Å². The highest BCUT2D eigenvalue weighted by Gasteiger charge is 2.27. The Morgan fingerprint density at radius 3 is 1.84 bits per heavy atom. The molecule has 0 saturated carbocycles. The molecule has 0 bridgehead atoms. The third kappa shape index (κ3) is 4.94. The zero-order valence-corrected chi connectivity index (χ0v) is 18.9. The molecule has 4 rings (SSSR count). The Morgan fingerprint density at radius 2 is 1.19 bits per heavy atom. The number of hydrogen-bond acceptors (Lipinski definition) is 3. The molecule has 0 aromatic heterocycles. The highest BCUT2D eigenvalue weighted by Crippen LogP contribution is 2.47. The summed E-state index contributed by atoms with van der Waals surface area (Å²) in [6.07, 6.45) is 0. The van der Waals surface area contributed by atoms with Gasteiger partial charge >= 0.3 is 7.82 Å². The minimum absolute atomic E-state index is 0.214. The molecule has 0 fully saturated rings. The van der Waals surface area contributed by atoms with Gasteiger partial charge in [-0.15, -0.1) is 0 Å². The molecule has 0 aliphatic rings. The van der Waals surface area contributed by atoms with Gasteiger partial charge in [0, 0.05) is 11.0 Å². The molecule has 0 spiro atoms. The van der Waals surface area contributed by atoms with E-state index in [1.165, 1.54) is 5.56 Å². The fraction of sp³-hybridized carbons (Fsp3) is 0.111. The van der Waals surface area contributed by atoms with E-state index in [0.29, 0.717) is 5.56 Å². The largest absolute Gasteiger partial charge is 0.584 e. The van der Waals surface area contributed by atoms with Crippen LogP contribution in [-0.2, 0) is 9.98 Å². The predicted octanol–water partition coefficient (Wildman–Crippen LogP) is 7.24. The van der Waals surface area contributed by atoms with Gasteiger partial charge in [-0.1, -0.05) is 105 Å². The van der Waals surface area contributed by atoms with E-state index >= 15 is 0 Å². The molecule has 5 heteroatoms. The maximum absolute atomic E-state index is 12.8. The van der Waals surface area contributed by atoms with Gasteiger partial charge in [0.05, 0.1) is 0 Å². The summed E-state index contributed by atoms with van der Waals surface area (Å²) < 4.78 is 23.6. The first-order valence-electron chi connectivity index (χ1n) is 10.4. The van der Waals surface area contributed by atoms with Crippen molar-refractivity contribution in [3.63, 3.8) is 0 Å². The van der Waals surface area contributed by atoms with Crippen LogP contribution in [0.1, 0.15) is 25.0 Å². The quantitative estimate of drug-likeness (QED) is 0.305. The smallest absolute Gasteiger partial charge is 0.395 e. The first-order chi connectivity index (χ1) is 15.4. The minimum Gasteiger partial charge on any atom is -0.395 e. The van der Waals surface area contributed by atoms with Crippen LogP contribution in [0.25, 0.3) is 11.1 Å². The molecule has 0 aliphatic heterocycles. The van der Waals surface area contributed by atoms with Gasteiger partial charge in [-0.2, -0.15) is 0 Å². The van der Waals surface area contributed by atoms with Crippen molar-refractivity contribution in [1.82, 2.24) is 0 Å². The maximum atomic E-state index is 12.8. The zero-order chi connectivity index (χ0) is 22.6. The Bertz CT molecular complexity index is 1220. The summed E-state index contributed by atoms with van der Waals surface area (Å²) in [4.78, 5) is 10.4. The molecule has 0 amide bonds. The Balaban J connectivity index is 1.52. The van der Waals surface area contributed by atoms with E-state index in [-0.39, 0.29) is 16.9 Å². The lowest BCUT2D eigenvalue weighted by Gasteiger charge is -2.26. The topological polar surface area (TPSA) is 55.8 Å². The molecule has 1 unspecified atom stereocenters. The summed E-state index contributed by atoms with van der Waals surface area (Å²) in [5.74, 6) is 0.548. The van der Waals surface area contributed by atoms with E-state index in [0.717, 1.165) is 11.1 Å². The average molecular weight is 444 g/mol. The first kappa shape index (κ1) is 21.9. The van der Waals surface area contributed by atoms with Crippen LogP contribution in [0.15, 0.2) is 109 Å². The molecule has 0 radical (unpaired) electrons. The summed E-state index contributed by atoms with van der Waals surface area (Å²) >= 11 is 0. The van der Waals surface area contributed by atoms with Crippen molar-refractivity contribution < 1.29 is 18.5 Å². The van der Waals surface area contributed by atoms with Crippen molar-refractivity contribution in [3.8, 4) is 22.6 Å². The molecular weight excluding hydrogens is 419 g/mol. The summed E-state index contributed by atoms with van der Waals surface area (Å²) in [5, 5.41) is 0. The lowest BCUT2D eigenvalue weighted by Crippen LogP contribution is -2.18. The molecule has 1 atom stereocenters. The Morgan fingerprint density at radius 1 is 0.656 bits per heavy atom. The van der Waals surface area contributed by atoms with Gasteiger partial charge in [0.2, 0.25) is 0 Å². The summed E-state index contributed by atoms with van der Waals surface area (Å²) in [6.45, 7) is 4.28. The van der Waals surface area contributed by atoms with Crippen LogP contribution in [0.3, 0.4) is 0 Å². The maximum Gasteiger partial charge on any atom is 0.584 e. The normalized spacial score (nSPS) is 13.2. The van der Waals surface area contributed by atoms with Crippen LogP contribution in [0.4, 0.5) is 0 Å². The molecular formula is C27H25O4P. The summed E-state index contributed by atoms with van der Waals surface area (Å²) in [5.41, 5.74) is 3.64. The van der Waals surface area contributed by atoms with Crippen molar-refractivity contribution in [2.45, 2.75) is 19.3 Å². The van der Waals surface area contributed by atoms with Crippen LogP contribution >= 0.6 is 7.82 Å². The molecule has 162 valence electrons. The lowest BCUT2D eigenvalue weighted by atomic mass is 9.78. The number of para-hydroxylation sites is 1. The van der Waals surface area contributed by atoms with Gasteiger partial charge in [0.15, 0.2) is 0 Å². The van der Waals surface area contributed by atoms with E-state index in [2.05, 4.69) is 26.0 Å². The van der Waals surface area contributed by atoms with Gasteiger partial charge in [0.25, 0.3) is 0 Å². The highest BCUT2D eigenvalue weighted by molar-refractivity contribution is 7.48. The third-order valence-corrected chi connectivity index (χ3v) is 6.35. The summed E-state index contributed by atoms with van der Waals surface area (Å²) in [6, 6.07) is 34.0. The van der Waals surface area contributed by atoms with Crippen molar-refractivity contribution in [3.05, 3.63) is 120 Å². The van der Waals surface area contributed by atoms with Gasteiger partial charge in [-0.05, 0) is 34.9 Å². The van der Waals surface area contributed by atoms with Gasteiger partial charge in [0.1, 0.15) is 11.5 Å². The van der Waals surface area contributed by atoms with Crippen LogP contribution in [0.2, 0.25) is 0 Å². The van der Waals surface area contributed by atoms with Gasteiger partial charge in [-0.3, -0.25) is 4.89 Å². The van der Waals surface area contributed by atoms with E-state index in [1.807, 2.05) is 72.8 Å². The van der Waals surface area contributed by atoms with Crippen LogP contribution in [0.5, 0.6) is 11.5 Å². The summed E-state index contributed by atoms with van der Waals surface area (Å²) in [7, 11) is -4.40. The van der Waals surface area contributed by atoms with Crippen LogP contribution < -0.4 is 9.05 Å². The second kappa shape index (κ2) is 9.04. The van der Waals surface area contributed by atoms with Crippen molar-refractivity contribution >= 4 is 7.82 Å². The average Bonchev–Trinajstić information content (AvgIpc) is 2.80. The van der Waals surface area contributed by atoms with Crippen LogP contribution in [-0.4, -0.2) is 4.89 Å². The molecule has 32 heavy (non-hydrogen) atoms. The predicted molar refractivity (Wildman–Crippen MR) is 128 cm³/mol. The van der Waals surface area contributed by atoms with Gasteiger partial charge < -0.3 is 9.05 Å². The molecule has 0 aliphatic carbocycles. The second-order valence-corrected chi connectivity index (χ2v) is 9.33. The number of hydrogen-bond donors (Lipinski definition) is 1. The standard InChI is InChI=1S/C27H25O4P/c1-27(2,22-13-7-4-8-14-22)23-17-19-24(20-18-23)30-32(28,29)31-26-16-10-9-15-25(26)21-11-5-3-6-12-21/h3-20H,1-2H3,(H,28,29). The van der Waals surface area contributed by atoms with Gasteiger partial charge in [-0.25, -0.2) is 4.57 Å². The number of phosphoric acid groups is 1. The zero-order valence-electron chi connectivity index (χ0n) is 18.0. The Labute approximate surface area is 188 Å². The lowest BCUT2D eigenvalue weighted by molar-refractivity contribution is 0.291. The Hall–Kier alpha value is -3.33. The Kier molecular flexibility index (Phi) is 6.18. The van der Waals surface area contributed by atoms with E-state index < -0.39 is 7.82 Å². The van der Waals surface area contributed by atoms with Crippen molar-refractivity contribution in [1.29, 1.82) is 0 Å². The first-order valence-corrected chi connectivity index (χ1v) is 11.9. The minimum atomic E-state index is -4.40. The molecule has 0 heterocycles. The fourth-order valence-corrected chi connectivity index (χ4v) is 4.47. The molecule has 4 aromatic rings. The second-order valence-electron chi connectivity index (χ2n) is 8.03. The number of benzene rings is 4.